The molecule has 0 bridgehead atoms. The molecule has 0 spiro atoms. The Morgan fingerprint density at radius 3 is 2.38 bits per heavy atom. The maximum Gasteiger partial charge on any atom is 0.261 e. The van der Waals surface area contributed by atoms with Gasteiger partial charge < -0.3 is 5.32 Å². The Morgan fingerprint density at radius 1 is 1.33 bits per heavy atom. The van der Waals surface area contributed by atoms with E-state index in [9.17, 15) is 17.6 Å². The second-order valence-electron chi connectivity index (χ2n) is 6.09. The van der Waals surface area contributed by atoms with E-state index in [-0.39, 0.29) is 16.9 Å². The molecule has 0 saturated carbocycles. The molecule has 0 fully saturated rings. The molecule has 0 radical (unpaired) electrons. The quantitative estimate of drug-likeness (QED) is 0.860. The van der Waals surface area contributed by atoms with Crippen LogP contribution in [0.1, 0.15) is 38.1 Å². The van der Waals surface area contributed by atoms with Gasteiger partial charge in [0.05, 0.1) is 4.90 Å². The van der Waals surface area contributed by atoms with Crippen molar-refractivity contribution < 1.29 is 17.6 Å². The summed E-state index contributed by atoms with van der Waals surface area (Å²) in [5.41, 5.74) is -0.0600. The lowest BCUT2D eigenvalue weighted by Crippen LogP contribution is -2.33. The first-order valence-corrected chi connectivity index (χ1v) is 8.75. The van der Waals surface area contributed by atoms with Crippen molar-refractivity contribution in [2.24, 2.45) is 11.3 Å². The van der Waals surface area contributed by atoms with E-state index in [1.54, 1.807) is 0 Å². The lowest BCUT2D eigenvalue weighted by molar-refractivity contribution is 0.0936. The summed E-state index contributed by atoms with van der Waals surface area (Å²) in [5, 5.41) is 2.67. The smallest absolute Gasteiger partial charge is 0.261 e. The third-order valence-electron chi connectivity index (χ3n) is 3.46. The molecule has 0 aliphatic rings. The molecule has 1 N–H and O–H groups in total. The number of carbonyl (C=O) groups excluding carboxylic acids is 1. The number of rotatable bonds is 4. The molecule has 1 rings (SSSR count). The fourth-order valence-corrected chi connectivity index (χ4v) is 2.28. The molecule has 1 aromatic carbocycles. The number of hydrogen-bond acceptors (Lipinski definition) is 3. The second-order valence-corrected chi connectivity index (χ2v) is 8.66. The van der Waals surface area contributed by atoms with E-state index in [2.05, 4.69) is 5.32 Å². The molecule has 1 atom stereocenters. The molecule has 7 heteroatoms. The molecule has 21 heavy (non-hydrogen) atoms. The highest BCUT2D eigenvalue weighted by Crippen LogP contribution is 2.24. The third kappa shape index (κ3) is 5.28. The van der Waals surface area contributed by atoms with Gasteiger partial charge in [0.25, 0.3) is 15.0 Å². The number of amides is 1. The minimum atomic E-state index is -4.08. The average Bonchev–Trinajstić information content (AvgIpc) is 2.32. The van der Waals surface area contributed by atoms with Crippen LogP contribution >= 0.6 is 10.7 Å². The predicted molar refractivity (Wildman–Crippen MR) is 80.4 cm³/mol. The van der Waals surface area contributed by atoms with Gasteiger partial charge in [-0.2, -0.15) is 0 Å². The van der Waals surface area contributed by atoms with Gasteiger partial charge in [-0.1, -0.05) is 27.7 Å². The minimum Gasteiger partial charge on any atom is -0.352 e. The summed E-state index contributed by atoms with van der Waals surface area (Å²) >= 11 is 0. The molecular weight excluding hydrogens is 317 g/mol. The molecule has 1 unspecified atom stereocenters. The van der Waals surface area contributed by atoms with E-state index >= 15 is 0 Å². The first-order chi connectivity index (χ1) is 9.41. The molecule has 1 amide bonds. The van der Waals surface area contributed by atoms with Gasteiger partial charge in [-0.15, -0.1) is 0 Å². The van der Waals surface area contributed by atoms with Crippen molar-refractivity contribution >= 4 is 25.6 Å². The number of hydrogen-bond donors (Lipinski definition) is 1. The normalized spacial score (nSPS) is 13.8. The van der Waals surface area contributed by atoms with Gasteiger partial charge in [0.1, 0.15) is 5.82 Å². The SMILES string of the molecule is CC(CNC(=O)c1cc(F)cc(S(=O)(=O)Cl)c1)C(C)(C)C. The molecule has 4 nitrogen and oxygen atoms in total. The molecule has 0 aliphatic heterocycles. The van der Waals surface area contributed by atoms with Gasteiger partial charge in [-0.25, -0.2) is 12.8 Å². The van der Waals surface area contributed by atoms with Crippen molar-refractivity contribution in [3.05, 3.63) is 29.6 Å². The van der Waals surface area contributed by atoms with Gasteiger partial charge in [0, 0.05) is 22.8 Å². The van der Waals surface area contributed by atoms with Crippen molar-refractivity contribution in [2.45, 2.75) is 32.6 Å². The van der Waals surface area contributed by atoms with E-state index < -0.39 is 25.7 Å². The molecular formula is C14H19ClFNO3S. The average molecular weight is 336 g/mol. The van der Waals surface area contributed by atoms with Gasteiger partial charge in [-0.05, 0) is 29.5 Å². The fraction of sp³-hybridized carbons (Fsp3) is 0.500. The third-order valence-corrected chi connectivity index (χ3v) is 4.80. The van der Waals surface area contributed by atoms with Crippen molar-refractivity contribution in [2.75, 3.05) is 6.54 Å². The van der Waals surface area contributed by atoms with E-state index in [0.29, 0.717) is 6.54 Å². The Bertz CT molecular complexity index is 638. The zero-order valence-corrected chi connectivity index (χ0v) is 14.0. The Morgan fingerprint density at radius 2 is 1.90 bits per heavy atom. The molecule has 0 aliphatic carbocycles. The Balaban J connectivity index is 2.92. The summed E-state index contributed by atoms with van der Waals surface area (Å²) in [5.74, 6) is -1.16. The number of nitrogens with one attached hydrogen (secondary N) is 1. The number of carbonyl (C=O) groups is 1. The summed E-state index contributed by atoms with van der Waals surface area (Å²) in [7, 11) is 1.08. The topological polar surface area (TPSA) is 63.2 Å². The summed E-state index contributed by atoms with van der Waals surface area (Å²) in [6.07, 6.45) is 0. The standard InChI is InChI=1S/C14H19ClFNO3S/c1-9(14(2,3)4)8-17-13(18)10-5-11(16)7-12(6-10)21(15,19)20/h5-7,9H,8H2,1-4H3,(H,17,18). The molecule has 1 aromatic rings. The Kier molecular flexibility index (Phi) is 5.39. The predicted octanol–water partition coefficient (Wildman–Crippen LogP) is 3.17. The number of halogens is 2. The highest BCUT2D eigenvalue weighted by Gasteiger charge is 2.21. The monoisotopic (exact) mass is 335 g/mol. The van der Waals surface area contributed by atoms with Gasteiger partial charge >= 0.3 is 0 Å². The minimum absolute atomic E-state index is 0.0137. The van der Waals surface area contributed by atoms with Crippen LogP contribution in [0.5, 0.6) is 0 Å². The summed E-state index contributed by atoms with van der Waals surface area (Å²) in [6, 6.07) is 2.81. The van der Waals surface area contributed by atoms with Crippen LogP contribution in [0.4, 0.5) is 4.39 Å². The van der Waals surface area contributed by atoms with Crippen molar-refractivity contribution in [3.63, 3.8) is 0 Å². The van der Waals surface area contributed by atoms with Gasteiger partial charge in [0.2, 0.25) is 0 Å². The zero-order valence-electron chi connectivity index (χ0n) is 12.4. The summed E-state index contributed by atoms with van der Waals surface area (Å²) < 4.78 is 35.9. The highest BCUT2D eigenvalue weighted by molar-refractivity contribution is 8.13. The van der Waals surface area contributed by atoms with E-state index in [4.69, 9.17) is 10.7 Å². The maximum atomic E-state index is 13.4. The Labute approximate surface area is 129 Å². The molecule has 0 aromatic heterocycles. The second kappa shape index (κ2) is 6.32. The van der Waals surface area contributed by atoms with Crippen LogP contribution in [-0.2, 0) is 9.05 Å². The molecule has 0 saturated heterocycles. The first kappa shape index (κ1) is 17.9. The van der Waals surface area contributed by atoms with Crippen LogP contribution in [0.3, 0.4) is 0 Å². The van der Waals surface area contributed by atoms with E-state index in [1.807, 2.05) is 27.7 Å². The molecule has 118 valence electrons. The maximum absolute atomic E-state index is 13.4. The van der Waals surface area contributed by atoms with Crippen LogP contribution < -0.4 is 5.32 Å². The van der Waals surface area contributed by atoms with Crippen LogP contribution in [0.15, 0.2) is 23.1 Å². The van der Waals surface area contributed by atoms with Gasteiger partial charge in [0.15, 0.2) is 0 Å². The van der Waals surface area contributed by atoms with Crippen LogP contribution in [0.2, 0.25) is 0 Å². The van der Waals surface area contributed by atoms with Crippen molar-refractivity contribution in [1.82, 2.24) is 5.32 Å². The van der Waals surface area contributed by atoms with E-state index in [0.717, 1.165) is 18.2 Å². The van der Waals surface area contributed by atoms with Crippen molar-refractivity contribution in [3.8, 4) is 0 Å². The zero-order chi connectivity index (χ0) is 16.4. The van der Waals surface area contributed by atoms with Crippen LogP contribution in [-0.4, -0.2) is 20.9 Å². The largest absolute Gasteiger partial charge is 0.352 e. The lowest BCUT2D eigenvalue weighted by Gasteiger charge is -2.27. The number of benzene rings is 1. The lowest BCUT2D eigenvalue weighted by atomic mass is 9.82. The fourth-order valence-electron chi connectivity index (χ4n) is 1.49. The van der Waals surface area contributed by atoms with Crippen LogP contribution in [0, 0.1) is 17.2 Å². The summed E-state index contributed by atoms with van der Waals surface area (Å²) in [6.45, 7) is 8.53. The first-order valence-electron chi connectivity index (χ1n) is 6.44. The molecule has 0 heterocycles. The van der Waals surface area contributed by atoms with Crippen molar-refractivity contribution in [1.29, 1.82) is 0 Å². The highest BCUT2D eigenvalue weighted by atomic mass is 35.7. The summed E-state index contributed by atoms with van der Waals surface area (Å²) in [4.78, 5) is 11.6. The van der Waals surface area contributed by atoms with Gasteiger partial charge in [-0.3, -0.25) is 4.79 Å². The van der Waals surface area contributed by atoms with Crippen LogP contribution in [0.25, 0.3) is 0 Å². The van der Waals surface area contributed by atoms with E-state index in [1.165, 1.54) is 0 Å². The Hall–Kier alpha value is -1.14.